The number of nitro groups is 1. The molecule has 29 heavy (non-hydrogen) atoms. The Hall–Kier alpha value is -1.75. The second-order valence-electron chi connectivity index (χ2n) is 9.10. The van der Waals surface area contributed by atoms with Gasteiger partial charge in [0.25, 0.3) is 5.69 Å². The zero-order valence-electron chi connectivity index (χ0n) is 17.4. The molecule has 3 rings (SSSR count). The molecule has 0 spiro atoms. The standard InChI is InChI=1S/C19H30N4O5S/c1-18(2)12-14(13-19(3,4)21-18)20-16-6-5-15(23(24)25)11-17(16)29(26,27)22-7-9-28-10-8-22/h5-6,11,14,20-21H,7-10,12-13H2,1-4H3. The number of ether oxygens (including phenoxy) is 1. The molecule has 10 heteroatoms. The van der Waals surface area contributed by atoms with Crippen LogP contribution in [0, 0.1) is 10.1 Å². The number of hydrogen-bond donors (Lipinski definition) is 2. The first-order valence-electron chi connectivity index (χ1n) is 9.82. The Morgan fingerprint density at radius 3 is 2.31 bits per heavy atom. The van der Waals surface area contributed by atoms with Crippen molar-refractivity contribution >= 4 is 21.4 Å². The molecule has 2 aliphatic rings. The molecule has 0 saturated carbocycles. The number of nitrogens with one attached hydrogen (secondary N) is 2. The number of benzene rings is 1. The molecular formula is C19H30N4O5S. The lowest BCUT2D eigenvalue weighted by atomic mass is 9.79. The van der Waals surface area contributed by atoms with Gasteiger partial charge >= 0.3 is 0 Å². The molecule has 1 aromatic rings. The van der Waals surface area contributed by atoms with E-state index in [1.165, 1.54) is 16.4 Å². The molecule has 2 saturated heterocycles. The van der Waals surface area contributed by atoms with E-state index < -0.39 is 14.9 Å². The van der Waals surface area contributed by atoms with E-state index in [9.17, 15) is 18.5 Å². The van der Waals surface area contributed by atoms with Gasteiger partial charge in [0.15, 0.2) is 0 Å². The van der Waals surface area contributed by atoms with Crippen LogP contribution in [0.1, 0.15) is 40.5 Å². The molecule has 0 atom stereocenters. The highest BCUT2D eigenvalue weighted by molar-refractivity contribution is 7.89. The summed E-state index contributed by atoms with van der Waals surface area (Å²) in [7, 11) is -3.89. The monoisotopic (exact) mass is 426 g/mol. The quantitative estimate of drug-likeness (QED) is 0.549. The van der Waals surface area contributed by atoms with Crippen LogP contribution < -0.4 is 10.6 Å². The summed E-state index contributed by atoms with van der Waals surface area (Å²) in [4.78, 5) is 10.7. The van der Waals surface area contributed by atoms with Crippen molar-refractivity contribution in [1.29, 1.82) is 0 Å². The van der Waals surface area contributed by atoms with Crippen molar-refractivity contribution in [1.82, 2.24) is 9.62 Å². The number of morpholine rings is 1. The van der Waals surface area contributed by atoms with Gasteiger partial charge in [0.05, 0.1) is 23.8 Å². The lowest BCUT2D eigenvalue weighted by Gasteiger charge is -2.47. The van der Waals surface area contributed by atoms with Gasteiger partial charge in [-0.15, -0.1) is 0 Å². The average molecular weight is 427 g/mol. The number of rotatable bonds is 5. The minimum atomic E-state index is -3.89. The first kappa shape index (κ1) is 21.9. The summed E-state index contributed by atoms with van der Waals surface area (Å²) >= 11 is 0. The average Bonchev–Trinajstić information content (AvgIpc) is 2.59. The second-order valence-corrected chi connectivity index (χ2v) is 11.0. The van der Waals surface area contributed by atoms with Crippen molar-refractivity contribution in [2.24, 2.45) is 0 Å². The SMILES string of the molecule is CC1(C)CC(Nc2ccc([N+](=O)[O-])cc2S(=O)(=O)N2CCOCC2)CC(C)(C)N1. The van der Waals surface area contributed by atoms with Crippen molar-refractivity contribution in [3.63, 3.8) is 0 Å². The molecule has 2 aliphatic heterocycles. The normalized spacial score (nSPS) is 22.9. The van der Waals surface area contributed by atoms with Crippen LogP contribution in [0.5, 0.6) is 0 Å². The highest BCUT2D eigenvalue weighted by Crippen LogP contribution is 2.34. The first-order chi connectivity index (χ1) is 13.4. The van der Waals surface area contributed by atoms with E-state index in [1.54, 1.807) is 0 Å². The molecule has 0 aliphatic carbocycles. The van der Waals surface area contributed by atoms with Crippen molar-refractivity contribution in [3.05, 3.63) is 28.3 Å². The predicted octanol–water partition coefficient (Wildman–Crippen LogP) is 2.34. The zero-order valence-corrected chi connectivity index (χ0v) is 18.2. The van der Waals surface area contributed by atoms with E-state index in [-0.39, 0.29) is 40.8 Å². The first-order valence-corrected chi connectivity index (χ1v) is 11.3. The van der Waals surface area contributed by atoms with Crippen LogP contribution in [0.25, 0.3) is 0 Å². The van der Waals surface area contributed by atoms with Crippen molar-refractivity contribution in [2.75, 3.05) is 31.6 Å². The second kappa shape index (κ2) is 7.82. The Kier molecular flexibility index (Phi) is 5.92. The van der Waals surface area contributed by atoms with E-state index in [2.05, 4.69) is 38.3 Å². The maximum absolute atomic E-state index is 13.3. The largest absolute Gasteiger partial charge is 0.381 e. The molecule has 0 radical (unpaired) electrons. The van der Waals surface area contributed by atoms with Gasteiger partial charge in [-0.25, -0.2) is 8.42 Å². The van der Waals surface area contributed by atoms with Gasteiger partial charge in [0.2, 0.25) is 10.0 Å². The molecule has 2 heterocycles. The van der Waals surface area contributed by atoms with Gasteiger partial charge < -0.3 is 15.4 Å². The van der Waals surface area contributed by atoms with Crippen molar-refractivity contribution in [2.45, 2.75) is 62.6 Å². The van der Waals surface area contributed by atoms with Crippen LogP contribution in [-0.2, 0) is 14.8 Å². The Morgan fingerprint density at radius 2 is 1.76 bits per heavy atom. The van der Waals surface area contributed by atoms with E-state index in [4.69, 9.17) is 4.74 Å². The third kappa shape index (κ3) is 5.06. The Balaban J connectivity index is 1.97. The molecule has 0 unspecified atom stereocenters. The van der Waals surface area contributed by atoms with E-state index in [0.29, 0.717) is 18.9 Å². The molecule has 1 aromatic carbocycles. The minimum absolute atomic E-state index is 0.0290. The van der Waals surface area contributed by atoms with Gasteiger partial charge in [-0.3, -0.25) is 10.1 Å². The van der Waals surface area contributed by atoms with Crippen molar-refractivity contribution < 1.29 is 18.1 Å². The molecule has 2 N–H and O–H groups in total. The van der Waals surface area contributed by atoms with E-state index >= 15 is 0 Å². The Morgan fingerprint density at radius 1 is 1.17 bits per heavy atom. The number of piperidine rings is 1. The molecule has 9 nitrogen and oxygen atoms in total. The van der Waals surface area contributed by atoms with Gasteiger partial charge in [-0.1, -0.05) is 0 Å². The molecule has 0 aromatic heterocycles. The number of hydrogen-bond acceptors (Lipinski definition) is 7. The van der Waals surface area contributed by atoms with Crippen LogP contribution in [0.2, 0.25) is 0 Å². The lowest BCUT2D eigenvalue weighted by Crippen LogP contribution is -2.60. The maximum Gasteiger partial charge on any atom is 0.270 e. The summed E-state index contributed by atoms with van der Waals surface area (Å²) in [6.45, 7) is 9.55. The summed E-state index contributed by atoms with van der Waals surface area (Å²) in [6, 6.07) is 4.04. The topological polar surface area (TPSA) is 114 Å². The predicted molar refractivity (Wildman–Crippen MR) is 111 cm³/mol. The van der Waals surface area contributed by atoms with Crippen molar-refractivity contribution in [3.8, 4) is 0 Å². The molecule has 162 valence electrons. The van der Waals surface area contributed by atoms with Gasteiger partial charge in [0, 0.05) is 42.3 Å². The summed E-state index contributed by atoms with van der Waals surface area (Å²) < 4.78 is 33.1. The van der Waals surface area contributed by atoms with Crippen LogP contribution >= 0.6 is 0 Å². The number of nitrogens with zero attached hydrogens (tertiary/aromatic N) is 2. The summed E-state index contributed by atoms with van der Waals surface area (Å²) in [5, 5.41) is 18.2. The van der Waals surface area contributed by atoms with Crippen LogP contribution in [0.4, 0.5) is 11.4 Å². The number of non-ortho nitro benzene ring substituents is 1. The van der Waals surface area contributed by atoms with E-state index in [0.717, 1.165) is 18.9 Å². The van der Waals surface area contributed by atoms with Crippen LogP contribution in [-0.4, -0.2) is 61.1 Å². The molecular weight excluding hydrogens is 396 g/mol. The Labute approximate surface area is 172 Å². The number of sulfonamides is 1. The maximum atomic E-state index is 13.3. The fourth-order valence-corrected chi connectivity index (χ4v) is 6.11. The van der Waals surface area contributed by atoms with Gasteiger partial charge in [-0.2, -0.15) is 4.31 Å². The molecule has 0 amide bonds. The number of anilines is 1. The zero-order chi connectivity index (χ0) is 21.4. The Bertz CT molecular complexity index is 863. The summed E-state index contributed by atoms with van der Waals surface area (Å²) in [5.74, 6) is 0. The van der Waals surface area contributed by atoms with Crippen LogP contribution in [0.15, 0.2) is 23.1 Å². The fraction of sp³-hybridized carbons (Fsp3) is 0.684. The minimum Gasteiger partial charge on any atom is -0.381 e. The highest BCUT2D eigenvalue weighted by Gasteiger charge is 2.38. The fourth-order valence-electron chi connectivity index (χ4n) is 4.53. The molecule has 0 bridgehead atoms. The van der Waals surface area contributed by atoms with Gasteiger partial charge in [0.1, 0.15) is 4.90 Å². The summed E-state index contributed by atoms with van der Waals surface area (Å²) in [6.07, 6.45) is 1.59. The summed E-state index contributed by atoms with van der Waals surface area (Å²) in [5.41, 5.74) is -0.0821. The number of nitro benzene ring substituents is 1. The van der Waals surface area contributed by atoms with E-state index in [1.807, 2.05) is 0 Å². The molecule has 2 fully saturated rings. The smallest absolute Gasteiger partial charge is 0.270 e. The third-order valence-corrected chi connectivity index (χ3v) is 7.25. The third-order valence-electron chi connectivity index (χ3n) is 5.31. The lowest BCUT2D eigenvalue weighted by molar-refractivity contribution is -0.385. The highest BCUT2D eigenvalue weighted by atomic mass is 32.2. The van der Waals surface area contributed by atoms with Crippen LogP contribution in [0.3, 0.4) is 0 Å². The van der Waals surface area contributed by atoms with Gasteiger partial charge in [-0.05, 0) is 46.6 Å².